The van der Waals surface area contributed by atoms with E-state index in [1.54, 1.807) is 6.07 Å². The van der Waals surface area contributed by atoms with Crippen LogP contribution in [0, 0.1) is 11.7 Å². The summed E-state index contributed by atoms with van der Waals surface area (Å²) < 4.78 is 36.0. The predicted molar refractivity (Wildman–Crippen MR) is 123 cm³/mol. The minimum Gasteiger partial charge on any atom is -0.355 e. The average Bonchev–Trinajstić information content (AvgIpc) is 3.24. The number of phosphoric acid groups is 1. The molecule has 0 radical (unpaired) electrons. The fraction of sp³-hybridized carbons (Fsp3) is 0.571. The number of rotatable bonds is 6. The van der Waals surface area contributed by atoms with Gasteiger partial charge in [0.15, 0.2) is 0 Å². The van der Waals surface area contributed by atoms with E-state index in [4.69, 9.17) is 19.5 Å². The lowest BCUT2D eigenvalue weighted by Gasteiger charge is -2.35. The van der Waals surface area contributed by atoms with Crippen LogP contribution < -0.4 is 4.90 Å². The highest BCUT2D eigenvalue weighted by atomic mass is 32.2. The van der Waals surface area contributed by atoms with Crippen molar-refractivity contribution in [2.45, 2.75) is 25.9 Å². The van der Waals surface area contributed by atoms with Gasteiger partial charge in [-0.15, -0.1) is 0 Å². The summed E-state index contributed by atoms with van der Waals surface area (Å²) in [7, 11) is -4.54. The molecule has 0 amide bonds. The minimum absolute atomic E-state index is 0.133. The zero-order chi connectivity index (χ0) is 22.9. The molecule has 2 N–H and O–H groups in total. The van der Waals surface area contributed by atoms with Crippen molar-refractivity contribution >= 4 is 31.5 Å². The van der Waals surface area contributed by atoms with Gasteiger partial charge >= 0.3 is 7.82 Å². The monoisotopic (exact) mass is 485 g/mol. The molecule has 0 aromatic heterocycles. The van der Waals surface area contributed by atoms with E-state index < -0.39 is 13.9 Å². The Morgan fingerprint density at radius 1 is 1.31 bits per heavy atom. The molecular weight excluding hydrogens is 456 g/mol. The van der Waals surface area contributed by atoms with Crippen molar-refractivity contribution in [1.82, 2.24) is 4.90 Å². The van der Waals surface area contributed by atoms with Crippen LogP contribution in [0.2, 0.25) is 0 Å². The zero-order valence-electron chi connectivity index (χ0n) is 18.2. The van der Waals surface area contributed by atoms with Crippen molar-refractivity contribution in [3.05, 3.63) is 41.0 Å². The van der Waals surface area contributed by atoms with E-state index in [1.807, 2.05) is 28.9 Å². The van der Waals surface area contributed by atoms with Gasteiger partial charge in [-0.3, -0.25) is 4.52 Å². The Kier molecular flexibility index (Phi) is 7.29. The molecule has 3 aliphatic rings. The van der Waals surface area contributed by atoms with Crippen molar-refractivity contribution < 1.29 is 28.0 Å². The Bertz CT molecular complexity index is 949. The van der Waals surface area contributed by atoms with Crippen LogP contribution in [-0.2, 0) is 13.8 Å². The SMILES string of the molecule is CC1=C(N2CCSCC2)N=CC(c2ccc(N3CO[C@@H](COP(=O)(O)O)C3)cc2F)C1C. The largest absolute Gasteiger partial charge is 0.469 e. The van der Waals surface area contributed by atoms with E-state index in [0.29, 0.717) is 17.8 Å². The van der Waals surface area contributed by atoms with Gasteiger partial charge in [0.25, 0.3) is 0 Å². The molecule has 0 aliphatic carbocycles. The Labute approximate surface area is 191 Å². The fourth-order valence-electron chi connectivity index (χ4n) is 4.30. The van der Waals surface area contributed by atoms with Gasteiger partial charge in [-0.2, -0.15) is 11.8 Å². The van der Waals surface area contributed by atoms with Gasteiger partial charge in [-0.1, -0.05) is 13.0 Å². The van der Waals surface area contributed by atoms with Crippen LogP contribution in [0.3, 0.4) is 0 Å². The predicted octanol–water partition coefficient (Wildman–Crippen LogP) is 3.18. The fourth-order valence-corrected chi connectivity index (χ4v) is 5.56. The van der Waals surface area contributed by atoms with Crippen LogP contribution in [0.25, 0.3) is 0 Å². The van der Waals surface area contributed by atoms with E-state index >= 15 is 4.39 Å². The Balaban J connectivity index is 1.43. The number of halogens is 1. The number of allylic oxidation sites excluding steroid dienone is 1. The van der Waals surface area contributed by atoms with E-state index in [9.17, 15) is 4.57 Å². The van der Waals surface area contributed by atoms with Crippen molar-refractivity contribution in [3.8, 4) is 0 Å². The lowest BCUT2D eigenvalue weighted by atomic mass is 9.81. The second-order valence-electron chi connectivity index (χ2n) is 8.33. The van der Waals surface area contributed by atoms with Crippen molar-refractivity contribution in [3.63, 3.8) is 0 Å². The number of aliphatic imine (C=N–C) groups is 1. The summed E-state index contributed by atoms with van der Waals surface area (Å²) in [4.78, 5) is 26.5. The van der Waals surface area contributed by atoms with Crippen molar-refractivity contribution in [2.24, 2.45) is 10.9 Å². The molecule has 0 spiro atoms. The van der Waals surface area contributed by atoms with Crippen molar-refractivity contribution in [2.75, 3.05) is 49.4 Å². The lowest BCUT2D eigenvalue weighted by Crippen LogP contribution is -2.34. The molecule has 3 heterocycles. The molecule has 11 heteroatoms. The van der Waals surface area contributed by atoms with Gasteiger partial charge in [-0.05, 0) is 36.1 Å². The zero-order valence-corrected chi connectivity index (χ0v) is 19.9. The first-order valence-electron chi connectivity index (χ1n) is 10.7. The van der Waals surface area contributed by atoms with Gasteiger partial charge in [0, 0.05) is 49.0 Å². The van der Waals surface area contributed by atoms with Crippen LogP contribution in [0.4, 0.5) is 10.1 Å². The highest BCUT2D eigenvalue weighted by Crippen LogP contribution is 2.38. The summed E-state index contributed by atoms with van der Waals surface area (Å²) in [6, 6.07) is 5.14. The number of hydrogen-bond donors (Lipinski definition) is 2. The number of benzene rings is 1. The summed E-state index contributed by atoms with van der Waals surface area (Å²) in [6.07, 6.45) is 1.39. The van der Waals surface area contributed by atoms with Gasteiger partial charge in [0.2, 0.25) is 0 Å². The van der Waals surface area contributed by atoms with Gasteiger partial charge in [0.1, 0.15) is 24.5 Å². The Morgan fingerprint density at radius 3 is 2.75 bits per heavy atom. The van der Waals surface area contributed by atoms with E-state index in [2.05, 4.69) is 23.3 Å². The molecule has 3 aliphatic heterocycles. The standard InChI is InChI=1S/C21H29FN3O5PS/c1-14-15(2)21(24-5-7-32-8-6-24)23-10-19(14)18-4-3-16(9-20(18)22)25-11-17(29-13-25)12-30-31(26,27)28/h3-4,9-10,14,17,19H,5-8,11-13H2,1-2H3,(H2,26,27,28)/t14?,17-,19?/m1/s1. The van der Waals surface area contributed by atoms with Crippen LogP contribution in [0.15, 0.2) is 34.6 Å². The molecule has 176 valence electrons. The van der Waals surface area contributed by atoms with Crippen LogP contribution in [0.1, 0.15) is 25.3 Å². The quantitative estimate of drug-likeness (QED) is 0.594. The van der Waals surface area contributed by atoms with Crippen molar-refractivity contribution in [1.29, 1.82) is 0 Å². The second-order valence-corrected chi connectivity index (χ2v) is 10.8. The van der Waals surface area contributed by atoms with E-state index in [-0.39, 0.29) is 31.0 Å². The maximum Gasteiger partial charge on any atom is 0.469 e. The summed E-state index contributed by atoms with van der Waals surface area (Å²) in [5, 5.41) is 0. The molecule has 0 saturated carbocycles. The third-order valence-corrected chi connectivity index (χ3v) is 7.70. The first-order chi connectivity index (χ1) is 15.2. The minimum atomic E-state index is -4.54. The third-order valence-electron chi connectivity index (χ3n) is 6.27. The third kappa shape index (κ3) is 5.38. The molecule has 3 atom stereocenters. The molecule has 32 heavy (non-hydrogen) atoms. The number of anilines is 1. The first-order valence-corrected chi connectivity index (χ1v) is 13.3. The first kappa shape index (κ1) is 23.7. The molecule has 4 rings (SSSR count). The molecule has 1 aromatic carbocycles. The summed E-state index contributed by atoms with van der Waals surface area (Å²) in [5.74, 6) is 2.95. The number of hydrogen-bond acceptors (Lipinski definition) is 7. The van der Waals surface area contributed by atoms with Gasteiger partial charge in [0.05, 0.1) is 6.61 Å². The molecular formula is C21H29FN3O5PS. The van der Waals surface area contributed by atoms with Crippen LogP contribution in [-0.4, -0.2) is 71.5 Å². The maximum atomic E-state index is 15.2. The Hall–Kier alpha value is -1.42. The van der Waals surface area contributed by atoms with Gasteiger partial charge < -0.3 is 24.3 Å². The average molecular weight is 486 g/mol. The smallest absolute Gasteiger partial charge is 0.355 e. The maximum absolute atomic E-state index is 15.2. The van der Waals surface area contributed by atoms with Gasteiger partial charge in [-0.25, -0.2) is 13.9 Å². The highest BCUT2D eigenvalue weighted by Gasteiger charge is 2.31. The molecule has 2 fully saturated rings. The topological polar surface area (TPSA) is 94.8 Å². The number of thioether (sulfide) groups is 1. The molecule has 8 nitrogen and oxygen atoms in total. The number of phosphoric ester groups is 1. The van der Waals surface area contributed by atoms with Crippen LogP contribution in [0.5, 0.6) is 0 Å². The second kappa shape index (κ2) is 9.83. The normalized spacial score (nSPS) is 26.8. The molecule has 2 saturated heterocycles. The summed E-state index contributed by atoms with van der Waals surface area (Å²) in [6.45, 7) is 6.55. The molecule has 1 aromatic rings. The molecule has 2 unspecified atom stereocenters. The van der Waals surface area contributed by atoms with Crippen LogP contribution >= 0.6 is 19.6 Å². The highest BCUT2D eigenvalue weighted by molar-refractivity contribution is 7.99. The summed E-state index contributed by atoms with van der Waals surface area (Å²) >= 11 is 1.96. The molecule has 0 bridgehead atoms. The lowest BCUT2D eigenvalue weighted by molar-refractivity contribution is 0.0597. The van der Waals surface area contributed by atoms with E-state index in [1.165, 1.54) is 11.6 Å². The number of nitrogens with zero attached hydrogens (tertiary/aromatic N) is 3. The summed E-state index contributed by atoms with van der Waals surface area (Å²) in [5.41, 5.74) is 2.46. The number of ether oxygens (including phenoxy) is 1. The van der Waals surface area contributed by atoms with E-state index in [0.717, 1.165) is 30.4 Å². The Morgan fingerprint density at radius 2 is 2.06 bits per heavy atom.